The first-order chi connectivity index (χ1) is 14.9. The number of thiazole rings is 1. The summed E-state index contributed by atoms with van der Waals surface area (Å²) in [6.45, 7) is 5.20. The molecule has 9 heteroatoms. The largest absolute Gasteiger partial charge is 0.352 e. The summed E-state index contributed by atoms with van der Waals surface area (Å²) in [7, 11) is 0. The molecule has 1 amide bonds. The molecular weight excluding hydrogens is 437 g/mol. The molecule has 1 aromatic carbocycles. The molecule has 6 nitrogen and oxygen atoms in total. The number of aromatic nitrogens is 3. The van der Waals surface area contributed by atoms with Gasteiger partial charge in [0.1, 0.15) is 16.7 Å². The van der Waals surface area contributed by atoms with Crippen LogP contribution in [0.2, 0.25) is 5.15 Å². The van der Waals surface area contributed by atoms with Gasteiger partial charge in [-0.05, 0) is 49.4 Å². The Balaban J connectivity index is 1.59. The number of benzene rings is 1. The number of carbonyl (C=O) groups is 1. The molecule has 1 fully saturated rings. The summed E-state index contributed by atoms with van der Waals surface area (Å²) in [5.74, 6) is 0.332. The van der Waals surface area contributed by atoms with Crippen molar-refractivity contribution in [3.05, 3.63) is 58.2 Å². The Kier molecular flexibility index (Phi) is 6.48. The summed E-state index contributed by atoms with van der Waals surface area (Å²) in [6, 6.07) is 7.76. The second-order valence-electron chi connectivity index (χ2n) is 7.69. The van der Waals surface area contributed by atoms with Crippen LogP contribution in [0.4, 0.5) is 10.3 Å². The number of nitrogens with zero attached hydrogens (tertiary/aromatic N) is 4. The topological polar surface area (TPSA) is 71.0 Å². The standard InChI is InChI=1S/C22H23ClFN5OS/c1-13-4-3-11-29(17(13)12-26-22-25-10-9-18(23)28-22)21(30)19-20(31-14(2)27-19)15-5-7-16(24)8-6-15/h5-10,13,17H,3-4,11-12H2,1-2H3,(H,25,26,28). The molecule has 31 heavy (non-hydrogen) atoms. The maximum Gasteiger partial charge on any atom is 0.274 e. The highest BCUT2D eigenvalue weighted by atomic mass is 35.5. The fourth-order valence-electron chi connectivity index (χ4n) is 3.94. The molecule has 1 aliphatic rings. The second kappa shape index (κ2) is 9.28. The van der Waals surface area contributed by atoms with E-state index in [1.165, 1.54) is 23.5 Å². The van der Waals surface area contributed by atoms with Gasteiger partial charge in [-0.25, -0.2) is 19.3 Å². The predicted octanol–water partition coefficient (Wildman–Crippen LogP) is 5.05. The lowest BCUT2D eigenvalue weighted by Gasteiger charge is -2.40. The predicted molar refractivity (Wildman–Crippen MR) is 121 cm³/mol. The zero-order valence-electron chi connectivity index (χ0n) is 17.3. The number of aryl methyl sites for hydroxylation is 1. The molecule has 0 spiro atoms. The van der Waals surface area contributed by atoms with Gasteiger partial charge >= 0.3 is 0 Å². The summed E-state index contributed by atoms with van der Waals surface area (Å²) < 4.78 is 13.4. The number of nitrogens with one attached hydrogen (secondary N) is 1. The highest BCUT2D eigenvalue weighted by Crippen LogP contribution is 2.33. The first-order valence-electron chi connectivity index (χ1n) is 10.2. The average Bonchev–Trinajstić information content (AvgIpc) is 3.14. The number of rotatable bonds is 5. The van der Waals surface area contributed by atoms with Crippen molar-refractivity contribution in [2.75, 3.05) is 18.4 Å². The minimum Gasteiger partial charge on any atom is -0.352 e. The van der Waals surface area contributed by atoms with E-state index in [0.29, 0.717) is 35.8 Å². The molecular formula is C22H23ClFN5OS. The van der Waals surface area contributed by atoms with Crippen LogP contribution in [0.5, 0.6) is 0 Å². The third-order valence-electron chi connectivity index (χ3n) is 5.51. The first-order valence-corrected chi connectivity index (χ1v) is 11.4. The Labute approximate surface area is 189 Å². The van der Waals surface area contributed by atoms with Gasteiger partial charge < -0.3 is 10.2 Å². The fraction of sp³-hybridized carbons (Fsp3) is 0.364. The van der Waals surface area contributed by atoms with E-state index < -0.39 is 0 Å². The number of anilines is 1. The molecule has 3 aromatic rings. The van der Waals surface area contributed by atoms with E-state index in [1.54, 1.807) is 24.4 Å². The van der Waals surface area contributed by atoms with Crippen LogP contribution in [0.15, 0.2) is 36.5 Å². The minimum absolute atomic E-state index is 0.0353. The molecule has 3 heterocycles. The monoisotopic (exact) mass is 459 g/mol. The molecule has 0 bridgehead atoms. The van der Waals surface area contributed by atoms with Crippen molar-refractivity contribution in [1.82, 2.24) is 19.9 Å². The van der Waals surface area contributed by atoms with Gasteiger partial charge in [-0.3, -0.25) is 4.79 Å². The van der Waals surface area contributed by atoms with Gasteiger partial charge in [0, 0.05) is 19.3 Å². The van der Waals surface area contributed by atoms with Gasteiger partial charge in [-0.2, -0.15) is 0 Å². The lowest BCUT2D eigenvalue weighted by molar-refractivity contribution is 0.0535. The summed E-state index contributed by atoms with van der Waals surface area (Å²) in [5.41, 5.74) is 1.22. The molecule has 0 aliphatic carbocycles. The molecule has 1 aliphatic heterocycles. The Morgan fingerprint density at radius 3 is 2.81 bits per heavy atom. The summed E-state index contributed by atoms with van der Waals surface area (Å²) in [4.78, 5) is 29.2. The van der Waals surface area contributed by atoms with Crippen LogP contribution in [-0.4, -0.2) is 44.9 Å². The van der Waals surface area contributed by atoms with Crippen molar-refractivity contribution in [1.29, 1.82) is 0 Å². The van der Waals surface area contributed by atoms with Crippen molar-refractivity contribution >= 4 is 34.8 Å². The number of amides is 1. The summed E-state index contributed by atoms with van der Waals surface area (Å²) >= 11 is 7.40. The summed E-state index contributed by atoms with van der Waals surface area (Å²) in [5, 5.41) is 4.39. The molecule has 1 saturated heterocycles. The zero-order chi connectivity index (χ0) is 22.0. The maximum absolute atomic E-state index is 13.6. The van der Waals surface area contributed by atoms with Crippen LogP contribution >= 0.6 is 22.9 Å². The maximum atomic E-state index is 13.6. The normalized spacial score (nSPS) is 18.8. The number of likely N-dealkylation sites (tertiary alicyclic amines) is 1. The van der Waals surface area contributed by atoms with Crippen molar-refractivity contribution < 1.29 is 9.18 Å². The Hall–Kier alpha value is -2.58. The van der Waals surface area contributed by atoms with E-state index in [2.05, 4.69) is 27.2 Å². The molecule has 162 valence electrons. The van der Waals surface area contributed by atoms with Gasteiger partial charge in [0.25, 0.3) is 5.91 Å². The highest BCUT2D eigenvalue weighted by Gasteiger charge is 2.34. The Bertz CT molecular complexity index is 1070. The van der Waals surface area contributed by atoms with E-state index in [1.807, 2.05) is 11.8 Å². The van der Waals surface area contributed by atoms with Gasteiger partial charge in [0.15, 0.2) is 0 Å². The van der Waals surface area contributed by atoms with Gasteiger partial charge in [0.05, 0.1) is 15.9 Å². The van der Waals surface area contributed by atoms with Crippen molar-refractivity contribution in [3.63, 3.8) is 0 Å². The van der Waals surface area contributed by atoms with Crippen LogP contribution in [-0.2, 0) is 0 Å². The summed E-state index contributed by atoms with van der Waals surface area (Å²) in [6.07, 6.45) is 3.57. The van der Waals surface area contributed by atoms with E-state index in [9.17, 15) is 9.18 Å². The molecule has 2 atom stereocenters. The third kappa shape index (κ3) is 4.85. The van der Waals surface area contributed by atoms with E-state index in [4.69, 9.17) is 11.6 Å². The average molecular weight is 460 g/mol. The van der Waals surface area contributed by atoms with Crippen LogP contribution in [0.25, 0.3) is 10.4 Å². The van der Waals surface area contributed by atoms with E-state index in [-0.39, 0.29) is 17.8 Å². The second-order valence-corrected chi connectivity index (χ2v) is 9.28. The molecule has 4 rings (SSSR count). The van der Waals surface area contributed by atoms with Crippen LogP contribution in [0, 0.1) is 18.7 Å². The molecule has 2 aromatic heterocycles. The van der Waals surface area contributed by atoms with Gasteiger partial charge in [-0.1, -0.05) is 30.7 Å². The number of piperidine rings is 1. The fourth-order valence-corrected chi connectivity index (χ4v) is 4.99. The lowest BCUT2D eigenvalue weighted by Crippen LogP contribution is -2.51. The van der Waals surface area contributed by atoms with Crippen LogP contribution in [0.3, 0.4) is 0 Å². The molecule has 0 saturated carbocycles. The van der Waals surface area contributed by atoms with Crippen LogP contribution in [0.1, 0.15) is 35.3 Å². The van der Waals surface area contributed by atoms with Crippen molar-refractivity contribution in [3.8, 4) is 10.4 Å². The molecule has 2 unspecified atom stereocenters. The minimum atomic E-state index is -0.308. The number of hydrogen-bond donors (Lipinski definition) is 1. The Morgan fingerprint density at radius 2 is 2.06 bits per heavy atom. The number of carbonyl (C=O) groups excluding carboxylic acids is 1. The number of hydrogen-bond acceptors (Lipinski definition) is 6. The molecule has 0 radical (unpaired) electrons. The molecule has 1 N–H and O–H groups in total. The number of halogens is 2. The van der Waals surface area contributed by atoms with E-state index >= 15 is 0 Å². The highest BCUT2D eigenvalue weighted by molar-refractivity contribution is 7.15. The third-order valence-corrected chi connectivity index (χ3v) is 6.74. The van der Waals surface area contributed by atoms with Gasteiger partial charge in [-0.15, -0.1) is 11.3 Å². The first kappa shape index (κ1) is 21.6. The lowest BCUT2D eigenvalue weighted by atomic mass is 9.90. The van der Waals surface area contributed by atoms with Crippen LogP contribution < -0.4 is 5.32 Å². The SMILES string of the molecule is Cc1nc(C(=O)N2CCCC(C)C2CNc2nccc(Cl)n2)c(-c2ccc(F)cc2)s1. The Morgan fingerprint density at radius 1 is 1.29 bits per heavy atom. The quantitative estimate of drug-likeness (QED) is 0.540. The smallest absolute Gasteiger partial charge is 0.274 e. The van der Waals surface area contributed by atoms with Gasteiger partial charge in [0.2, 0.25) is 5.95 Å². The van der Waals surface area contributed by atoms with E-state index in [0.717, 1.165) is 28.3 Å². The van der Waals surface area contributed by atoms with Crippen molar-refractivity contribution in [2.45, 2.75) is 32.7 Å². The zero-order valence-corrected chi connectivity index (χ0v) is 18.9. The van der Waals surface area contributed by atoms with Crippen molar-refractivity contribution in [2.24, 2.45) is 5.92 Å².